The molecule has 2 aromatic heterocycles. The van der Waals surface area contributed by atoms with E-state index in [1.54, 1.807) is 4.68 Å². The van der Waals surface area contributed by atoms with Crippen molar-refractivity contribution in [1.29, 1.82) is 0 Å². The van der Waals surface area contributed by atoms with E-state index < -0.39 is 0 Å². The van der Waals surface area contributed by atoms with Crippen molar-refractivity contribution in [3.63, 3.8) is 0 Å². The maximum Gasteiger partial charge on any atom is 0.157 e. The van der Waals surface area contributed by atoms with Crippen LogP contribution in [0.25, 0.3) is 11.0 Å². The molecular formula is C9H11N3. The third kappa shape index (κ3) is 0.897. The van der Waals surface area contributed by atoms with Crippen LogP contribution in [0.4, 0.5) is 0 Å². The molecule has 2 aromatic rings. The molecule has 0 N–H and O–H groups in total. The summed E-state index contributed by atoms with van der Waals surface area (Å²) < 4.78 is 1.79. The van der Waals surface area contributed by atoms with Crippen LogP contribution in [0.1, 0.15) is 11.3 Å². The second-order valence-electron chi connectivity index (χ2n) is 3.07. The third-order valence-corrected chi connectivity index (χ3v) is 2.15. The minimum Gasteiger partial charge on any atom is -0.250 e. The lowest BCUT2D eigenvalue weighted by molar-refractivity contribution is 0.784. The van der Waals surface area contributed by atoms with Crippen molar-refractivity contribution in [3.8, 4) is 0 Å². The van der Waals surface area contributed by atoms with Gasteiger partial charge in [-0.2, -0.15) is 5.10 Å². The molecule has 0 fully saturated rings. The molecule has 0 unspecified atom stereocenters. The normalized spacial score (nSPS) is 10.9. The smallest absolute Gasteiger partial charge is 0.157 e. The molecule has 0 radical (unpaired) electrons. The highest BCUT2D eigenvalue weighted by Crippen LogP contribution is 2.13. The van der Waals surface area contributed by atoms with E-state index in [1.807, 2.05) is 20.2 Å². The van der Waals surface area contributed by atoms with Crippen molar-refractivity contribution in [3.05, 3.63) is 23.5 Å². The van der Waals surface area contributed by atoms with Gasteiger partial charge in [0.15, 0.2) is 5.65 Å². The van der Waals surface area contributed by atoms with E-state index in [0.717, 1.165) is 16.7 Å². The lowest BCUT2D eigenvalue weighted by atomic mass is 10.2. The van der Waals surface area contributed by atoms with Crippen LogP contribution in [0, 0.1) is 13.8 Å². The van der Waals surface area contributed by atoms with Crippen LogP contribution >= 0.6 is 0 Å². The average Bonchev–Trinajstić information content (AvgIpc) is 2.35. The number of aryl methyl sites for hydroxylation is 3. The van der Waals surface area contributed by atoms with Crippen molar-refractivity contribution >= 4 is 11.0 Å². The molecule has 0 bridgehead atoms. The highest BCUT2D eigenvalue weighted by atomic mass is 15.3. The van der Waals surface area contributed by atoms with Crippen LogP contribution in [-0.2, 0) is 7.05 Å². The standard InChI is InChI=1S/C9H11N3/c1-6-4-8-5-10-12(3)9(8)11-7(6)2/h4-5H,1-3H3. The Morgan fingerprint density at radius 2 is 2.08 bits per heavy atom. The Bertz CT molecular complexity index is 429. The highest BCUT2D eigenvalue weighted by molar-refractivity contribution is 5.75. The zero-order chi connectivity index (χ0) is 8.72. The zero-order valence-corrected chi connectivity index (χ0v) is 7.50. The van der Waals surface area contributed by atoms with E-state index in [4.69, 9.17) is 0 Å². The Balaban J connectivity index is 2.87. The SMILES string of the molecule is Cc1cc2cnn(C)c2nc1C. The molecule has 0 spiro atoms. The third-order valence-electron chi connectivity index (χ3n) is 2.15. The first-order valence-electron chi connectivity index (χ1n) is 3.94. The summed E-state index contributed by atoms with van der Waals surface area (Å²) in [4.78, 5) is 4.44. The number of pyridine rings is 1. The first-order valence-corrected chi connectivity index (χ1v) is 3.94. The van der Waals surface area contributed by atoms with Crippen molar-refractivity contribution in [2.24, 2.45) is 7.05 Å². The summed E-state index contributed by atoms with van der Waals surface area (Å²) in [6.07, 6.45) is 1.84. The molecule has 0 atom stereocenters. The van der Waals surface area contributed by atoms with Gasteiger partial charge in [-0.3, -0.25) is 4.68 Å². The number of fused-ring (bicyclic) bond motifs is 1. The molecule has 2 heterocycles. The van der Waals surface area contributed by atoms with Crippen LogP contribution in [-0.4, -0.2) is 14.8 Å². The molecule has 0 saturated carbocycles. The van der Waals surface area contributed by atoms with E-state index >= 15 is 0 Å². The highest BCUT2D eigenvalue weighted by Gasteiger charge is 2.02. The molecule has 0 amide bonds. The fourth-order valence-corrected chi connectivity index (χ4v) is 1.27. The van der Waals surface area contributed by atoms with Crippen LogP contribution < -0.4 is 0 Å². The van der Waals surface area contributed by atoms with Crippen LogP contribution in [0.5, 0.6) is 0 Å². The van der Waals surface area contributed by atoms with Crippen molar-refractivity contribution in [2.75, 3.05) is 0 Å². The van der Waals surface area contributed by atoms with E-state index in [1.165, 1.54) is 5.56 Å². The van der Waals surface area contributed by atoms with Gasteiger partial charge in [-0.1, -0.05) is 0 Å². The molecule has 0 aromatic carbocycles. The predicted octanol–water partition coefficient (Wildman–Crippen LogP) is 1.59. The fourth-order valence-electron chi connectivity index (χ4n) is 1.27. The molecule has 2 rings (SSSR count). The van der Waals surface area contributed by atoms with Gasteiger partial charge < -0.3 is 0 Å². The second kappa shape index (κ2) is 2.30. The summed E-state index contributed by atoms with van der Waals surface area (Å²) >= 11 is 0. The predicted molar refractivity (Wildman–Crippen MR) is 48.0 cm³/mol. The van der Waals surface area contributed by atoms with E-state index in [0.29, 0.717) is 0 Å². The zero-order valence-electron chi connectivity index (χ0n) is 7.50. The van der Waals surface area contributed by atoms with Gasteiger partial charge in [0.1, 0.15) is 0 Å². The van der Waals surface area contributed by atoms with Crippen LogP contribution in [0.2, 0.25) is 0 Å². The molecule has 0 saturated heterocycles. The monoisotopic (exact) mass is 161 g/mol. The summed E-state index contributed by atoms with van der Waals surface area (Å²) in [5.41, 5.74) is 3.25. The number of hydrogen-bond donors (Lipinski definition) is 0. The lowest BCUT2D eigenvalue weighted by Gasteiger charge is -1.99. The van der Waals surface area contributed by atoms with Gasteiger partial charge in [-0.15, -0.1) is 0 Å². The van der Waals surface area contributed by atoms with Gasteiger partial charge in [-0.25, -0.2) is 4.98 Å². The maximum atomic E-state index is 4.44. The summed E-state index contributed by atoms with van der Waals surface area (Å²) in [6.45, 7) is 4.08. The summed E-state index contributed by atoms with van der Waals surface area (Å²) in [5.74, 6) is 0. The topological polar surface area (TPSA) is 30.7 Å². The molecule has 0 aliphatic rings. The summed E-state index contributed by atoms with van der Waals surface area (Å²) in [6, 6.07) is 2.12. The van der Waals surface area contributed by atoms with Gasteiger partial charge in [0, 0.05) is 18.1 Å². The van der Waals surface area contributed by atoms with Crippen LogP contribution in [0.15, 0.2) is 12.3 Å². The number of nitrogens with zero attached hydrogens (tertiary/aromatic N) is 3. The number of aromatic nitrogens is 3. The van der Waals surface area contributed by atoms with Crippen molar-refractivity contribution < 1.29 is 0 Å². The molecule has 3 heteroatoms. The summed E-state index contributed by atoms with van der Waals surface area (Å²) in [5, 5.41) is 5.24. The molecule has 62 valence electrons. The summed E-state index contributed by atoms with van der Waals surface area (Å²) in [7, 11) is 1.91. The first-order chi connectivity index (χ1) is 5.68. The van der Waals surface area contributed by atoms with Crippen molar-refractivity contribution in [1.82, 2.24) is 14.8 Å². The molecule has 12 heavy (non-hydrogen) atoms. The molecule has 0 aliphatic heterocycles. The Morgan fingerprint density at radius 1 is 1.33 bits per heavy atom. The second-order valence-corrected chi connectivity index (χ2v) is 3.07. The first kappa shape index (κ1) is 7.28. The maximum absolute atomic E-state index is 4.44. The molecular weight excluding hydrogens is 150 g/mol. The number of rotatable bonds is 0. The number of hydrogen-bond acceptors (Lipinski definition) is 2. The lowest BCUT2D eigenvalue weighted by Crippen LogP contribution is -1.94. The Hall–Kier alpha value is -1.38. The Labute approximate surface area is 71.0 Å². The van der Waals surface area contributed by atoms with Crippen LogP contribution in [0.3, 0.4) is 0 Å². The Kier molecular flexibility index (Phi) is 1.40. The fraction of sp³-hybridized carbons (Fsp3) is 0.333. The quantitative estimate of drug-likeness (QED) is 0.587. The molecule has 3 nitrogen and oxygen atoms in total. The van der Waals surface area contributed by atoms with Crippen molar-refractivity contribution in [2.45, 2.75) is 13.8 Å². The van der Waals surface area contributed by atoms with E-state index in [-0.39, 0.29) is 0 Å². The van der Waals surface area contributed by atoms with Gasteiger partial charge in [0.25, 0.3) is 0 Å². The Morgan fingerprint density at radius 3 is 2.83 bits per heavy atom. The largest absolute Gasteiger partial charge is 0.250 e. The van der Waals surface area contributed by atoms with Gasteiger partial charge in [-0.05, 0) is 25.5 Å². The average molecular weight is 161 g/mol. The van der Waals surface area contributed by atoms with E-state index in [9.17, 15) is 0 Å². The molecule has 0 aliphatic carbocycles. The minimum atomic E-state index is 0.957. The van der Waals surface area contributed by atoms with E-state index in [2.05, 4.69) is 23.1 Å². The van der Waals surface area contributed by atoms with Gasteiger partial charge in [0.2, 0.25) is 0 Å². The van der Waals surface area contributed by atoms with Gasteiger partial charge >= 0.3 is 0 Å². The van der Waals surface area contributed by atoms with Gasteiger partial charge in [0.05, 0.1) is 6.20 Å². The minimum absolute atomic E-state index is 0.957.